The molecule has 0 bridgehead atoms. The molecule has 0 aliphatic carbocycles. The van der Waals surface area contributed by atoms with Gasteiger partial charge in [-0.3, -0.25) is 14.7 Å². The molecule has 0 unspecified atom stereocenters. The normalized spacial score (nSPS) is 17.2. The molecule has 0 atom stereocenters. The number of hydrogen-bond acceptors (Lipinski definition) is 4. The first-order chi connectivity index (χ1) is 13.7. The quantitative estimate of drug-likeness (QED) is 0.776. The van der Waals surface area contributed by atoms with E-state index in [-0.39, 0.29) is 5.91 Å². The number of hydrogen-bond donors (Lipinski definition) is 0. The first kappa shape index (κ1) is 18.3. The SMILES string of the molecule is CN1CN(Cc2ccccc2)C(=O)C2=C1CCN(CC#Cc1ccncc1)C2. The van der Waals surface area contributed by atoms with Crippen molar-refractivity contribution in [3.8, 4) is 11.8 Å². The second-order valence-corrected chi connectivity index (χ2v) is 7.25. The molecular weight excluding hydrogens is 348 g/mol. The molecule has 0 spiro atoms. The molecule has 142 valence electrons. The van der Waals surface area contributed by atoms with Gasteiger partial charge < -0.3 is 9.80 Å². The Labute approximate surface area is 166 Å². The Morgan fingerprint density at radius 2 is 1.89 bits per heavy atom. The summed E-state index contributed by atoms with van der Waals surface area (Å²) in [5.41, 5.74) is 4.23. The fraction of sp³-hybridized carbons (Fsp3) is 0.304. The number of pyridine rings is 1. The van der Waals surface area contributed by atoms with Gasteiger partial charge >= 0.3 is 0 Å². The van der Waals surface area contributed by atoms with Crippen molar-refractivity contribution in [2.45, 2.75) is 13.0 Å². The third-order valence-corrected chi connectivity index (χ3v) is 5.22. The van der Waals surface area contributed by atoms with Crippen LogP contribution in [0.25, 0.3) is 0 Å². The van der Waals surface area contributed by atoms with E-state index in [9.17, 15) is 4.79 Å². The molecule has 3 heterocycles. The van der Waals surface area contributed by atoms with Crippen LogP contribution in [0.4, 0.5) is 0 Å². The van der Waals surface area contributed by atoms with E-state index in [1.165, 1.54) is 5.70 Å². The highest BCUT2D eigenvalue weighted by Crippen LogP contribution is 2.27. The molecule has 5 nitrogen and oxygen atoms in total. The highest BCUT2D eigenvalue weighted by atomic mass is 16.2. The van der Waals surface area contributed by atoms with E-state index in [0.717, 1.165) is 29.7 Å². The van der Waals surface area contributed by atoms with Crippen molar-refractivity contribution in [1.29, 1.82) is 0 Å². The standard InChI is InChI=1S/C23H24N4O/c1-25-18-27(16-20-6-3-2-4-7-20)23(28)21-17-26(15-11-22(21)25)14-5-8-19-9-12-24-13-10-19/h2-4,6-7,9-10,12-13H,11,14-18H2,1H3. The third kappa shape index (κ3) is 4.08. The Hall–Kier alpha value is -3.10. The van der Waals surface area contributed by atoms with Gasteiger partial charge in [-0.05, 0) is 17.7 Å². The second-order valence-electron chi connectivity index (χ2n) is 7.25. The molecule has 2 aromatic rings. The molecule has 1 aromatic carbocycles. The molecule has 2 aliphatic rings. The van der Waals surface area contributed by atoms with Crippen LogP contribution < -0.4 is 0 Å². The van der Waals surface area contributed by atoms with Gasteiger partial charge in [-0.2, -0.15) is 0 Å². The highest BCUT2D eigenvalue weighted by molar-refractivity contribution is 5.95. The minimum Gasteiger partial charge on any atom is -0.360 e. The van der Waals surface area contributed by atoms with Gasteiger partial charge in [-0.25, -0.2) is 0 Å². The summed E-state index contributed by atoms with van der Waals surface area (Å²) in [5.74, 6) is 6.56. The lowest BCUT2D eigenvalue weighted by Crippen LogP contribution is -2.50. The fourth-order valence-electron chi connectivity index (χ4n) is 3.77. The van der Waals surface area contributed by atoms with Crippen molar-refractivity contribution in [3.05, 3.63) is 77.3 Å². The fourth-order valence-corrected chi connectivity index (χ4v) is 3.77. The summed E-state index contributed by atoms with van der Waals surface area (Å²) in [7, 11) is 2.08. The van der Waals surface area contributed by atoms with Crippen LogP contribution >= 0.6 is 0 Å². The lowest BCUT2D eigenvalue weighted by molar-refractivity contribution is -0.131. The first-order valence-corrected chi connectivity index (χ1v) is 9.58. The maximum absolute atomic E-state index is 13.1. The van der Waals surface area contributed by atoms with E-state index in [1.54, 1.807) is 12.4 Å². The van der Waals surface area contributed by atoms with Gasteiger partial charge in [-0.15, -0.1) is 0 Å². The Balaban J connectivity index is 1.44. The number of aromatic nitrogens is 1. The van der Waals surface area contributed by atoms with Gasteiger partial charge in [0, 0.05) is 56.8 Å². The minimum absolute atomic E-state index is 0.156. The summed E-state index contributed by atoms with van der Waals surface area (Å²) in [5, 5.41) is 0. The van der Waals surface area contributed by atoms with E-state index in [0.29, 0.717) is 26.3 Å². The maximum Gasteiger partial charge on any atom is 0.254 e. The average Bonchev–Trinajstić information content (AvgIpc) is 2.73. The molecule has 0 N–H and O–H groups in total. The zero-order chi connectivity index (χ0) is 19.3. The molecule has 1 amide bonds. The van der Waals surface area contributed by atoms with Crippen molar-refractivity contribution in [1.82, 2.24) is 19.7 Å². The second kappa shape index (κ2) is 8.28. The smallest absolute Gasteiger partial charge is 0.254 e. The molecule has 0 saturated heterocycles. The predicted octanol–water partition coefficient (Wildman–Crippen LogP) is 2.32. The van der Waals surface area contributed by atoms with Crippen LogP contribution in [0.1, 0.15) is 17.5 Å². The number of benzene rings is 1. The number of carbonyl (C=O) groups is 1. The van der Waals surface area contributed by atoms with Crippen molar-refractivity contribution in [2.24, 2.45) is 0 Å². The van der Waals surface area contributed by atoms with Crippen LogP contribution in [-0.2, 0) is 11.3 Å². The van der Waals surface area contributed by atoms with Gasteiger partial charge in [0.1, 0.15) is 0 Å². The predicted molar refractivity (Wildman–Crippen MR) is 109 cm³/mol. The number of nitrogens with zero attached hydrogens (tertiary/aromatic N) is 4. The minimum atomic E-state index is 0.156. The Morgan fingerprint density at radius 1 is 1.11 bits per heavy atom. The third-order valence-electron chi connectivity index (χ3n) is 5.22. The van der Waals surface area contributed by atoms with Crippen LogP contribution in [-0.4, -0.2) is 58.9 Å². The van der Waals surface area contributed by atoms with Crippen LogP contribution in [0.3, 0.4) is 0 Å². The Morgan fingerprint density at radius 3 is 2.68 bits per heavy atom. The summed E-state index contributed by atoms with van der Waals surface area (Å²) in [6, 6.07) is 14.0. The van der Waals surface area contributed by atoms with Gasteiger partial charge in [0.15, 0.2) is 0 Å². The maximum atomic E-state index is 13.1. The van der Waals surface area contributed by atoms with E-state index < -0.39 is 0 Å². The van der Waals surface area contributed by atoms with Crippen molar-refractivity contribution < 1.29 is 4.79 Å². The molecular formula is C23H24N4O. The van der Waals surface area contributed by atoms with Crippen LogP contribution in [0.15, 0.2) is 66.1 Å². The summed E-state index contributed by atoms with van der Waals surface area (Å²) in [6.45, 7) is 3.54. The van der Waals surface area contributed by atoms with Gasteiger partial charge in [0.25, 0.3) is 5.91 Å². The number of amides is 1. The first-order valence-electron chi connectivity index (χ1n) is 9.58. The highest BCUT2D eigenvalue weighted by Gasteiger charge is 2.33. The topological polar surface area (TPSA) is 39.7 Å². The number of carbonyl (C=O) groups excluding carboxylic acids is 1. The lowest BCUT2D eigenvalue weighted by atomic mass is 10.0. The molecule has 4 rings (SSSR count). The molecule has 0 saturated carbocycles. The average molecular weight is 372 g/mol. The van der Waals surface area contributed by atoms with Gasteiger partial charge in [0.05, 0.1) is 18.8 Å². The molecule has 1 aromatic heterocycles. The zero-order valence-electron chi connectivity index (χ0n) is 16.1. The molecule has 2 aliphatic heterocycles. The summed E-state index contributed by atoms with van der Waals surface area (Å²) in [4.78, 5) is 23.5. The lowest BCUT2D eigenvalue weighted by Gasteiger charge is -2.42. The van der Waals surface area contributed by atoms with Crippen molar-refractivity contribution in [3.63, 3.8) is 0 Å². The van der Waals surface area contributed by atoms with Gasteiger partial charge in [-0.1, -0.05) is 42.2 Å². The van der Waals surface area contributed by atoms with Crippen molar-refractivity contribution in [2.75, 3.05) is 33.4 Å². The summed E-state index contributed by atoms with van der Waals surface area (Å²) >= 11 is 0. The van der Waals surface area contributed by atoms with E-state index in [2.05, 4.69) is 45.8 Å². The summed E-state index contributed by atoms with van der Waals surface area (Å²) < 4.78 is 0. The number of rotatable bonds is 3. The summed E-state index contributed by atoms with van der Waals surface area (Å²) in [6.07, 6.45) is 4.40. The molecule has 5 heteroatoms. The molecule has 0 fully saturated rings. The zero-order valence-corrected chi connectivity index (χ0v) is 16.1. The monoisotopic (exact) mass is 372 g/mol. The van der Waals surface area contributed by atoms with Gasteiger partial charge in [0.2, 0.25) is 0 Å². The largest absolute Gasteiger partial charge is 0.360 e. The van der Waals surface area contributed by atoms with E-state index >= 15 is 0 Å². The van der Waals surface area contributed by atoms with E-state index in [1.807, 2.05) is 35.2 Å². The van der Waals surface area contributed by atoms with E-state index in [4.69, 9.17) is 0 Å². The van der Waals surface area contributed by atoms with Crippen molar-refractivity contribution >= 4 is 5.91 Å². The Kier molecular flexibility index (Phi) is 5.41. The van der Waals surface area contributed by atoms with Crippen LogP contribution in [0, 0.1) is 11.8 Å². The Bertz CT molecular complexity index is 927. The molecule has 28 heavy (non-hydrogen) atoms. The molecule has 0 radical (unpaired) electrons. The van der Waals surface area contributed by atoms with Crippen LogP contribution in [0.5, 0.6) is 0 Å². The van der Waals surface area contributed by atoms with Crippen LogP contribution in [0.2, 0.25) is 0 Å².